The van der Waals surface area contributed by atoms with E-state index in [-0.39, 0.29) is 17.2 Å². The molecule has 1 amide bonds. The van der Waals surface area contributed by atoms with Gasteiger partial charge in [-0.25, -0.2) is 4.98 Å². The van der Waals surface area contributed by atoms with Gasteiger partial charge in [0.15, 0.2) is 5.75 Å². The maximum atomic E-state index is 12.8. The molecule has 0 aliphatic heterocycles. The summed E-state index contributed by atoms with van der Waals surface area (Å²) < 4.78 is 5.90. The van der Waals surface area contributed by atoms with Gasteiger partial charge in [-0.3, -0.25) is 9.59 Å². The molecule has 0 saturated carbocycles. The molecule has 5 aromatic rings. The Morgan fingerprint density at radius 3 is 2.49 bits per heavy atom. The first-order valence-corrected chi connectivity index (χ1v) is 13.0. The zero-order valence-corrected chi connectivity index (χ0v) is 20.2. The van der Waals surface area contributed by atoms with Crippen LogP contribution < -0.4 is 15.6 Å². The molecule has 0 atom stereocenters. The zero-order chi connectivity index (χ0) is 24.0. The third-order valence-electron chi connectivity index (χ3n) is 5.18. The Balaban J connectivity index is 1.22. The van der Waals surface area contributed by atoms with Gasteiger partial charge in [0.25, 0.3) is 5.56 Å². The number of thiophene rings is 1. The summed E-state index contributed by atoms with van der Waals surface area (Å²) in [6, 6.07) is 26.5. The number of benzene rings is 3. The van der Waals surface area contributed by atoms with E-state index < -0.39 is 0 Å². The van der Waals surface area contributed by atoms with Gasteiger partial charge in [0.2, 0.25) is 5.91 Å². The number of ether oxygens (including phenoxy) is 1. The van der Waals surface area contributed by atoms with Crippen molar-refractivity contribution in [1.29, 1.82) is 0 Å². The number of aromatic amines is 1. The highest BCUT2D eigenvalue weighted by molar-refractivity contribution is 7.99. The number of aromatic nitrogens is 2. The second kappa shape index (κ2) is 10.6. The number of hydrogen-bond acceptors (Lipinski definition) is 6. The maximum absolute atomic E-state index is 12.8. The number of para-hydroxylation sites is 3. The Hall–Kier alpha value is -3.88. The van der Waals surface area contributed by atoms with E-state index >= 15 is 0 Å². The van der Waals surface area contributed by atoms with Gasteiger partial charge in [0.1, 0.15) is 16.4 Å². The third-order valence-corrected chi connectivity index (χ3v) is 7.00. The summed E-state index contributed by atoms with van der Waals surface area (Å²) in [6.07, 6.45) is 0. The van der Waals surface area contributed by atoms with Crippen molar-refractivity contribution in [3.05, 3.63) is 106 Å². The van der Waals surface area contributed by atoms with Crippen molar-refractivity contribution in [3.63, 3.8) is 0 Å². The molecular formula is C27H21N3O3S2. The predicted molar refractivity (Wildman–Crippen MR) is 143 cm³/mol. The summed E-state index contributed by atoms with van der Waals surface area (Å²) in [5, 5.41) is 5.46. The lowest BCUT2D eigenvalue weighted by molar-refractivity contribution is -0.113. The van der Waals surface area contributed by atoms with Crippen molar-refractivity contribution in [3.8, 4) is 22.6 Å². The molecule has 174 valence electrons. The number of thioether (sulfide) groups is 1. The Morgan fingerprint density at radius 2 is 1.69 bits per heavy atom. The Bertz CT molecular complexity index is 1520. The molecule has 0 aliphatic rings. The lowest BCUT2D eigenvalue weighted by Crippen LogP contribution is -2.15. The van der Waals surface area contributed by atoms with Crippen LogP contribution in [0.5, 0.6) is 11.5 Å². The van der Waals surface area contributed by atoms with Crippen LogP contribution in [0.1, 0.15) is 5.82 Å². The number of amides is 1. The molecule has 0 saturated heterocycles. The fourth-order valence-corrected chi connectivity index (χ4v) is 5.25. The molecule has 2 N–H and O–H groups in total. The van der Waals surface area contributed by atoms with E-state index in [1.165, 1.54) is 23.1 Å². The fourth-order valence-electron chi connectivity index (χ4n) is 3.59. The molecule has 0 unspecified atom stereocenters. The van der Waals surface area contributed by atoms with E-state index in [1.807, 2.05) is 84.2 Å². The average Bonchev–Trinajstić information content (AvgIpc) is 3.31. The highest BCUT2D eigenvalue weighted by Crippen LogP contribution is 2.31. The topological polar surface area (TPSA) is 84.1 Å². The van der Waals surface area contributed by atoms with Crippen LogP contribution in [0.4, 0.5) is 5.69 Å². The van der Waals surface area contributed by atoms with Gasteiger partial charge in [-0.1, -0.05) is 60.7 Å². The first kappa shape index (κ1) is 22.9. The van der Waals surface area contributed by atoms with Crippen molar-refractivity contribution >= 4 is 44.9 Å². The third kappa shape index (κ3) is 5.45. The molecule has 0 bridgehead atoms. The van der Waals surface area contributed by atoms with E-state index in [0.717, 1.165) is 11.1 Å². The molecule has 6 nitrogen and oxygen atoms in total. The average molecular weight is 500 g/mol. The number of H-pyrrole nitrogens is 1. The van der Waals surface area contributed by atoms with Gasteiger partial charge in [-0.15, -0.1) is 23.1 Å². The second-order valence-electron chi connectivity index (χ2n) is 7.66. The van der Waals surface area contributed by atoms with Crippen LogP contribution in [-0.4, -0.2) is 21.6 Å². The monoisotopic (exact) mass is 499 g/mol. The number of rotatable bonds is 8. The molecule has 35 heavy (non-hydrogen) atoms. The summed E-state index contributed by atoms with van der Waals surface area (Å²) in [7, 11) is 0. The van der Waals surface area contributed by atoms with E-state index in [2.05, 4.69) is 15.3 Å². The van der Waals surface area contributed by atoms with Gasteiger partial charge in [-0.2, -0.15) is 0 Å². The lowest BCUT2D eigenvalue weighted by atomic mass is 10.1. The summed E-state index contributed by atoms with van der Waals surface area (Å²) in [5.41, 5.74) is 2.31. The predicted octanol–water partition coefficient (Wildman–Crippen LogP) is 6.32. The van der Waals surface area contributed by atoms with Gasteiger partial charge < -0.3 is 15.0 Å². The van der Waals surface area contributed by atoms with E-state index in [1.54, 1.807) is 6.07 Å². The van der Waals surface area contributed by atoms with E-state index in [0.29, 0.717) is 39.0 Å². The summed E-state index contributed by atoms with van der Waals surface area (Å²) in [4.78, 5) is 33.5. The molecule has 2 aromatic heterocycles. The Kier molecular flexibility index (Phi) is 6.92. The number of anilines is 1. The van der Waals surface area contributed by atoms with Gasteiger partial charge in [0.05, 0.1) is 22.6 Å². The number of hydrogen-bond donors (Lipinski definition) is 2. The molecule has 2 heterocycles. The summed E-state index contributed by atoms with van der Waals surface area (Å²) >= 11 is 2.83. The van der Waals surface area contributed by atoms with Crippen LogP contribution in [0, 0.1) is 0 Å². The molecular weight excluding hydrogens is 478 g/mol. The summed E-state index contributed by atoms with van der Waals surface area (Å²) in [5.74, 6) is 2.28. The highest BCUT2D eigenvalue weighted by atomic mass is 32.2. The lowest BCUT2D eigenvalue weighted by Gasteiger charge is -2.12. The minimum atomic E-state index is -0.165. The number of nitrogens with zero attached hydrogens (tertiary/aromatic N) is 1. The molecule has 3 aromatic carbocycles. The smallest absolute Gasteiger partial charge is 0.260 e. The van der Waals surface area contributed by atoms with E-state index in [4.69, 9.17) is 4.74 Å². The highest BCUT2D eigenvalue weighted by Gasteiger charge is 2.14. The van der Waals surface area contributed by atoms with Crippen molar-refractivity contribution in [2.24, 2.45) is 0 Å². The number of carbonyl (C=O) groups is 1. The normalized spacial score (nSPS) is 10.9. The van der Waals surface area contributed by atoms with Crippen LogP contribution in [0.15, 0.2) is 95.1 Å². The van der Waals surface area contributed by atoms with Gasteiger partial charge in [-0.05, 0) is 29.8 Å². The van der Waals surface area contributed by atoms with Crippen molar-refractivity contribution in [2.75, 3.05) is 11.1 Å². The molecule has 0 radical (unpaired) electrons. The van der Waals surface area contributed by atoms with E-state index in [9.17, 15) is 9.59 Å². The molecule has 0 aliphatic carbocycles. The molecule has 5 rings (SSSR count). The van der Waals surface area contributed by atoms with Crippen molar-refractivity contribution < 1.29 is 9.53 Å². The number of fused-ring (bicyclic) bond motifs is 1. The molecule has 8 heteroatoms. The van der Waals surface area contributed by atoms with Gasteiger partial charge in [0, 0.05) is 10.9 Å². The number of nitrogens with one attached hydrogen (secondary N) is 2. The Labute approximate surface area is 210 Å². The minimum absolute atomic E-state index is 0.162. The quantitative estimate of drug-likeness (QED) is 0.261. The van der Waals surface area contributed by atoms with Crippen LogP contribution in [-0.2, 0) is 10.5 Å². The standard InChI is InChI=1S/C27H21N3O3S2/c31-24(28-21-13-7-8-14-22(21)33-19-11-5-2-6-12-19)17-34-16-23-29-26(32)25-20(15-35-27(25)30-23)18-9-3-1-4-10-18/h1-15H,16-17H2,(H,28,31)(H,29,30,32). The van der Waals surface area contributed by atoms with Crippen LogP contribution in [0.2, 0.25) is 0 Å². The minimum Gasteiger partial charge on any atom is -0.455 e. The largest absolute Gasteiger partial charge is 0.455 e. The molecule has 0 fully saturated rings. The van der Waals surface area contributed by atoms with Gasteiger partial charge >= 0.3 is 0 Å². The van der Waals surface area contributed by atoms with Crippen LogP contribution >= 0.6 is 23.1 Å². The first-order chi connectivity index (χ1) is 17.2. The first-order valence-electron chi connectivity index (χ1n) is 10.9. The van der Waals surface area contributed by atoms with Crippen LogP contribution in [0.3, 0.4) is 0 Å². The maximum Gasteiger partial charge on any atom is 0.260 e. The Morgan fingerprint density at radius 1 is 0.971 bits per heavy atom. The second-order valence-corrected chi connectivity index (χ2v) is 9.50. The number of carbonyl (C=O) groups excluding carboxylic acids is 1. The molecule has 0 spiro atoms. The van der Waals surface area contributed by atoms with Crippen molar-refractivity contribution in [1.82, 2.24) is 9.97 Å². The fraction of sp³-hybridized carbons (Fsp3) is 0.0741. The summed E-state index contributed by atoms with van der Waals surface area (Å²) in [6.45, 7) is 0. The van der Waals surface area contributed by atoms with Crippen LogP contribution in [0.25, 0.3) is 21.3 Å². The SMILES string of the molecule is O=C(CSCc1nc2scc(-c3ccccc3)c2c(=O)[nH]1)Nc1ccccc1Oc1ccccc1. The zero-order valence-electron chi connectivity index (χ0n) is 18.6. The van der Waals surface area contributed by atoms with Crippen molar-refractivity contribution in [2.45, 2.75) is 5.75 Å².